The number of hydrogen-bond donors (Lipinski definition) is 0. The van der Waals surface area contributed by atoms with Crippen molar-refractivity contribution in [3.05, 3.63) is 154 Å². The maximum atomic E-state index is 3.30. The van der Waals surface area contributed by atoms with Gasteiger partial charge in [-0.15, -0.1) is 12.0 Å². The van der Waals surface area contributed by atoms with E-state index >= 15 is 0 Å². The van der Waals surface area contributed by atoms with Gasteiger partial charge < -0.3 is 24.8 Å². The molecular weight excluding hydrogens is 583 g/mol. The van der Waals surface area contributed by atoms with Crippen LogP contribution in [0.1, 0.15) is 50.9 Å². The van der Waals surface area contributed by atoms with E-state index in [-0.39, 0.29) is 24.8 Å². The molecule has 192 valence electrons. The summed E-state index contributed by atoms with van der Waals surface area (Å²) in [6.45, 7) is 8.82. The fourth-order valence-corrected chi connectivity index (χ4v) is 5.86. The van der Waals surface area contributed by atoms with Gasteiger partial charge >= 0.3 is 125 Å². The first-order valence-electron chi connectivity index (χ1n) is 12.5. The van der Waals surface area contributed by atoms with Gasteiger partial charge in [0.15, 0.2) is 0 Å². The zero-order chi connectivity index (χ0) is 25.5. The molecule has 2 aliphatic rings. The number of hydrogen-bond acceptors (Lipinski definition) is 0. The van der Waals surface area contributed by atoms with Crippen molar-refractivity contribution in [2.24, 2.45) is 0 Å². The van der Waals surface area contributed by atoms with E-state index in [4.69, 9.17) is 0 Å². The topological polar surface area (TPSA) is 0 Å². The smallest absolute Gasteiger partial charge is 0.0253 e. The first-order valence-corrected chi connectivity index (χ1v) is 13.7. The molecule has 38 heavy (non-hydrogen) atoms. The molecule has 6 rings (SSSR count). The van der Waals surface area contributed by atoms with Crippen LogP contribution >= 0.6 is 0 Å². The first kappa shape index (κ1) is 31.9. The van der Waals surface area contributed by atoms with Gasteiger partial charge in [0.2, 0.25) is 0 Å². The Morgan fingerprint density at radius 2 is 1.32 bits per heavy atom. The van der Waals surface area contributed by atoms with Crippen molar-refractivity contribution in [1.29, 1.82) is 0 Å². The summed E-state index contributed by atoms with van der Waals surface area (Å²) in [5, 5.41) is 0. The summed E-state index contributed by atoms with van der Waals surface area (Å²) in [6, 6.07) is 31.3. The summed E-state index contributed by atoms with van der Waals surface area (Å²) < 4.78 is 1.46. The van der Waals surface area contributed by atoms with E-state index in [0.717, 1.165) is 12.8 Å². The van der Waals surface area contributed by atoms with Crippen LogP contribution in [0.2, 0.25) is 0 Å². The Hall–Kier alpha value is -2.31. The third kappa shape index (κ3) is 7.63. The average Bonchev–Trinajstić information content (AvgIpc) is 3.59. The molecule has 0 spiro atoms. The van der Waals surface area contributed by atoms with Crippen molar-refractivity contribution in [1.82, 2.24) is 0 Å². The summed E-state index contributed by atoms with van der Waals surface area (Å²) in [7, 11) is 0. The second kappa shape index (κ2) is 15.3. The van der Waals surface area contributed by atoms with Crippen molar-refractivity contribution >= 4 is 3.21 Å². The van der Waals surface area contributed by atoms with Crippen molar-refractivity contribution < 1.29 is 49.0 Å². The molecular formula is C35H32Cl2Zr-2. The zero-order valence-electron chi connectivity index (χ0n) is 22.4. The van der Waals surface area contributed by atoms with Crippen molar-refractivity contribution in [3.63, 3.8) is 0 Å². The molecule has 0 aliphatic heterocycles. The maximum Gasteiger partial charge on any atom is -0.0253 e. The Morgan fingerprint density at radius 1 is 0.711 bits per heavy atom. The molecule has 0 N–H and O–H groups in total. The van der Waals surface area contributed by atoms with Crippen LogP contribution in [-0.4, -0.2) is 3.21 Å². The minimum Gasteiger partial charge on any atom is -1.00 e. The van der Waals surface area contributed by atoms with Gasteiger partial charge in [-0.2, -0.15) is 35.9 Å². The number of fused-ring (bicyclic) bond motifs is 3. The minimum absolute atomic E-state index is 0. The summed E-state index contributed by atoms with van der Waals surface area (Å²) in [5.74, 6) is 0. The minimum atomic E-state index is 0. The molecule has 4 aromatic rings. The number of halogens is 2. The molecule has 0 saturated carbocycles. The zero-order valence-corrected chi connectivity index (χ0v) is 26.4. The Kier molecular flexibility index (Phi) is 12.9. The largest absolute Gasteiger partial charge is 1.00 e. The maximum absolute atomic E-state index is 3.30. The van der Waals surface area contributed by atoms with Crippen molar-refractivity contribution in [2.45, 2.75) is 40.5 Å². The molecule has 0 atom stereocenters. The fourth-order valence-electron chi connectivity index (χ4n) is 4.53. The average molecular weight is 615 g/mol. The molecule has 0 amide bonds. The van der Waals surface area contributed by atoms with Crippen molar-refractivity contribution in [2.75, 3.05) is 0 Å². The number of aryl methyl sites for hydroxylation is 2. The molecule has 0 unspecified atom stereocenters. The second-order valence-corrected chi connectivity index (χ2v) is 10.5. The Labute approximate surface area is 256 Å². The molecule has 0 nitrogen and oxygen atoms in total. The molecule has 0 aromatic heterocycles. The fraction of sp³-hybridized carbons (Fsp3) is 0.171. The standard InChI is InChI=1S/C17H18.C13H9.C5H5.2ClH.Zr/c1-12-7-5-9-16(14(12)3)11-17-10-6-8-13(2)15(17)4;1-3-7-12-10(5-1)9-11-6-2-4-8-13(11)12;1-2-4-5-3-1;;;/h5-10H,1-4H3;1-5,7-8H,9H2;1-3H,4H2;2*1H;/q;2*-1;;;+2/p-2. The number of allylic oxidation sites excluding steroid dienone is 4. The summed E-state index contributed by atoms with van der Waals surface area (Å²) in [5.41, 5.74) is 13.9. The normalized spacial score (nSPS) is 11.5. The second-order valence-electron chi connectivity index (χ2n) is 9.27. The van der Waals surface area contributed by atoms with E-state index in [1.54, 1.807) is 0 Å². The van der Waals surface area contributed by atoms with E-state index < -0.39 is 0 Å². The van der Waals surface area contributed by atoms with Gasteiger partial charge in [0, 0.05) is 0 Å². The third-order valence-electron chi connectivity index (χ3n) is 6.95. The van der Waals surface area contributed by atoms with Gasteiger partial charge in [0.1, 0.15) is 0 Å². The van der Waals surface area contributed by atoms with Gasteiger partial charge in [0.05, 0.1) is 0 Å². The van der Waals surface area contributed by atoms with E-state index in [9.17, 15) is 0 Å². The summed E-state index contributed by atoms with van der Waals surface area (Å²) in [6.07, 6.45) is 11.0. The molecule has 0 bridgehead atoms. The third-order valence-corrected chi connectivity index (χ3v) is 8.27. The molecule has 0 saturated heterocycles. The monoisotopic (exact) mass is 612 g/mol. The van der Waals surface area contributed by atoms with Gasteiger partial charge in [-0.3, -0.25) is 6.08 Å². The summed E-state index contributed by atoms with van der Waals surface area (Å²) >= 11 is 1.48. The Bertz CT molecular complexity index is 1340. The van der Waals surface area contributed by atoms with Gasteiger partial charge in [-0.25, -0.2) is 12.2 Å². The quantitative estimate of drug-likeness (QED) is 0.268. The van der Waals surface area contributed by atoms with E-state index in [2.05, 4.69) is 119 Å². The van der Waals surface area contributed by atoms with E-state index in [1.165, 1.54) is 83.1 Å². The summed E-state index contributed by atoms with van der Waals surface area (Å²) in [4.78, 5) is 0. The van der Waals surface area contributed by atoms with E-state index in [0.29, 0.717) is 0 Å². The molecule has 3 heteroatoms. The SMILES string of the molecule is Cc1cccc([C](=[Zr+2])c2cccc(C)c2C)c1C.[C-]1=CC=CC1.[Cl-].[Cl-].[c-]1cccc2c1Cc1ccccc1-2. The van der Waals surface area contributed by atoms with Crippen molar-refractivity contribution in [3.8, 4) is 11.1 Å². The molecule has 0 radical (unpaired) electrons. The van der Waals surface area contributed by atoms with Crippen LogP contribution in [0, 0.1) is 39.8 Å². The Morgan fingerprint density at radius 3 is 1.87 bits per heavy atom. The van der Waals surface area contributed by atoms with E-state index in [1.807, 2.05) is 18.2 Å². The molecule has 0 fully saturated rings. The molecule has 2 aliphatic carbocycles. The molecule has 4 aromatic carbocycles. The number of rotatable bonds is 2. The van der Waals surface area contributed by atoms with Crippen LogP contribution in [0.25, 0.3) is 11.1 Å². The van der Waals surface area contributed by atoms with Gasteiger partial charge in [-0.05, 0) is 6.42 Å². The van der Waals surface area contributed by atoms with Crippen LogP contribution in [-0.2, 0) is 30.7 Å². The van der Waals surface area contributed by atoms with Crippen LogP contribution in [0.5, 0.6) is 0 Å². The van der Waals surface area contributed by atoms with Crippen LogP contribution in [0.15, 0.2) is 97.1 Å². The van der Waals surface area contributed by atoms with Crippen LogP contribution in [0.4, 0.5) is 0 Å². The first-order chi connectivity index (χ1) is 17.5. The van der Waals surface area contributed by atoms with Gasteiger partial charge in [-0.1, -0.05) is 35.4 Å². The predicted octanol–water partition coefficient (Wildman–Crippen LogP) is 2.41. The van der Waals surface area contributed by atoms with Crippen LogP contribution in [0.3, 0.4) is 0 Å². The van der Waals surface area contributed by atoms with Crippen LogP contribution < -0.4 is 24.8 Å². The molecule has 0 heterocycles. The number of benzene rings is 4. The Balaban J connectivity index is 0.000000221. The predicted molar refractivity (Wildman–Crippen MR) is 150 cm³/mol. The van der Waals surface area contributed by atoms with Gasteiger partial charge in [0.25, 0.3) is 0 Å².